The van der Waals surface area contributed by atoms with Crippen LogP contribution in [0.4, 0.5) is 4.79 Å². The van der Waals surface area contributed by atoms with E-state index in [1.165, 1.54) is 13.8 Å². The Morgan fingerprint density at radius 2 is 1.75 bits per heavy atom. The Balaban J connectivity index is 1.76. The summed E-state index contributed by atoms with van der Waals surface area (Å²) in [6, 6.07) is 15.9. The van der Waals surface area contributed by atoms with Gasteiger partial charge in [-0.1, -0.05) is 48.5 Å². The third-order valence-electron chi connectivity index (χ3n) is 5.23. The van der Waals surface area contributed by atoms with E-state index in [-0.39, 0.29) is 12.5 Å². The normalized spacial score (nSPS) is 15.4. The van der Waals surface area contributed by atoms with Gasteiger partial charge in [0.25, 0.3) is 5.78 Å². The van der Waals surface area contributed by atoms with E-state index in [2.05, 4.69) is 10.1 Å². The number of nitrogens with zero attached hydrogens (tertiary/aromatic N) is 2. The number of ether oxygens (including phenoxy) is 1. The number of nitrogens with one attached hydrogen (secondary N) is 1. The van der Waals surface area contributed by atoms with E-state index in [4.69, 9.17) is 10.3 Å². The fraction of sp³-hybridized carbons (Fsp3) is 0.286. The molecule has 7 nitrogen and oxygen atoms in total. The van der Waals surface area contributed by atoms with Gasteiger partial charge in [-0.05, 0) is 36.1 Å². The highest BCUT2D eigenvalue weighted by Gasteiger charge is 2.41. The Morgan fingerprint density at radius 1 is 1.21 bits per heavy atom. The Labute approximate surface area is 162 Å². The number of aliphatic hydroxyl groups excluding tert-OH is 1. The van der Waals surface area contributed by atoms with Gasteiger partial charge in [-0.15, -0.1) is 0 Å². The number of benzene rings is 2. The molecule has 7 heteroatoms. The van der Waals surface area contributed by atoms with Crippen molar-refractivity contribution in [2.75, 3.05) is 6.61 Å². The zero-order valence-corrected chi connectivity index (χ0v) is 15.6. The van der Waals surface area contributed by atoms with E-state index in [9.17, 15) is 14.7 Å². The highest BCUT2D eigenvalue weighted by Crippen LogP contribution is 2.44. The molecule has 1 aliphatic rings. The fourth-order valence-corrected chi connectivity index (χ4v) is 3.40. The number of ketones is 1. The van der Waals surface area contributed by atoms with Gasteiger partial charge >= 0.3 is 12.3 Å². The zero-order chi connectivity index (χ0) is 20.3. The molecule has 2 aromatic carbocycles. The lowest BCUT2D eigenvalue weighted by Crippen LogP contribution is -2.59. The molecule has 2 aromatic rings. The molecule has 2 N–H and O–H groups in total. The van der Waals surface area contributed by atoms with E-state index in [1.807, 2.05) is 48.5 Å². The molecule has 1 aliphatic carbocycles. The topological polar surface area (TPSA) is 112 Å². The molecule has 0 fully saturated rings. The number of alkyl carbamates (subject to hydrolysis) is 1. The summed E-state index contributed by atoms with van der Waals surface area (Å²) in [4.78, 5) is 27.1. The third-order valence-corrected chi connectivity index (χ3v) is 5.23. The minimum Gasteiger partial charge on any atom is -0.449 e. The van der Waals surface area contributed by atoms with Crippen molar-refractivity contribution < 1.29 is 24.2 Å². The molecule has 28 heavy (non-hydrogen) atoms. The number of carbonyl (C=O) groups excluding carboxylic acids is 2. The summed E-state index contributed by atoms with van der Waals surface area (Å²) < 4.78 is 5.39. The van der Waals surface area contributed by atoms with Crippen molar-refractivity contribution in [2.24, 2.45) is 0 Å². The van der Waals surface area contributed by atoms with Crippen LogP contribution in [0.1, 0.15) is 30.9 Å². The average Bonchev–Trinajstić information content (AvgIpc) is 3.00. The number of hydrogen-bond donors (Lipinski definition) is 2. The maximum atomic E-state index is 12.3. The van der Waals surface area contributed by atoms with Gasteiger partial charge in [0.15, 0.2) is 0 Å². The molecule has 0 spiro atoms. The maximum Gasteiger partial charge on any atom is 0.408 e. The summed E-state index contributed by atoms with van der Waals surface area (Å²) in [5.74, 6) is -0.871. The van der Waals surface area contributed by atoms with Crippen molar-refractivity contribution in [1.82, 2.24) is 5.32 Å². The number of rotatable bonds is 6. The van der Waals surface area contributed by atoms with Gasteiger partial charge in [0.05, 0.1) is 6.10 Å². The summed E-state index contributed by atoms with van der Waals surface area (Å²) in [5, 5.41) is 12.3. The van der Waals surface area contributed by atoms with E-state index < -0.39 is 23.5 Å². The largest absolute Gasteiger partial charge is 0.449 e. The number of fused-ring (bicyclic) bond motifs is 3. The molecule has 0 saturated heterocycles. The lowest BCUT2D eigenvalue weighted by Gasteiger charge is -2.29. The number of Topliss-reactive ketones (excluding diaryl/α,β-unsaturated/α-hetero) is 1. The lowest BCUT2D eigenvalue weighted by atomic mass is 9.91. The predicted molar refractivity (Wildman–Crippen MR) is 103 cm³/mol. The smallest absolute Gasteiger partial charge is 0.408 e. The molecule has 0 aliphatic heterocycles. The SMILES string of the molecule is C[C@@H](O)[C@@](C)(NC(=O)OCC1c2ccccc2-c2ccccc21)C(=O)C=[N+]=[N-]. The molecule has 3 rings (SSSR count). The Morgan fingerprint density at radius 3 is 2.25 bits per heavy atom. The van der Waals surface area contributed by atoms with Gasteiger partial charge in [0, 0.05) is 5.92 Å². The summed E-state index contributed by atoms with van der Waals surface area (Å²) in [7, 11) is 0. The number of hydrogen-bond acceptors (Lipinski definition) is 4. The van der Waals surface area contributed by atoms with Gasteiger partial charge in [-0.3, -0.25) is 4.79 Å². The molecule has 0 aromatic heterocycles. The highest BCUT2D eigenvalue weighted by atomic mass is 16.5. The van der Waals surface area contributed by atoms with Gasteiger partial charge < -0.3 is 20.7 Å². The molecule has 0 unspecified atom stereocenters. The third kappa shape index (κ3) is 3.45. The van der Waals surface area contributed by atoms with Gasteiger partial charge in [-0.2, -0.15) is 4.79 Å². The number of carbonyl (C=O) groups is 2. The molecule has 2 atom stereocenters. The second-order valence-electron chi connectivity index (χ2n) is 6.94. The van der Waals surface area contributed by atoms with Crippen LogP contribution in [0.25, 0.3) is 16.7 Å². The fourth-order valence-electron chi connectivity index (χ4n) is 3.40. The molecule has 0 radical (unpaired) electrons. The van der Waals surface area contributed by atoms with Gasteiger partial charge in [0.1, 0.15) is 12.1 Å². The van der Waals surface area contributed by atoms with Crippen LogP contribution in [0.15, 0.2) is 48.5 Å². The van der Waals surface area contributed by atoms with Crippen LogP contribution in [0.2, 0.25) is 0 Å². The lowest BCUT2D eigenvalue weighted by molar-refractivity contribution is -0.125. The summed E-state index contributed by atoms with van der Waals surface area (Å²) in [5.41, 5.74) is 11.2. The highest BCUT2D eigenvalue weighted by molar-refractivity contribution is 6.30. The standard InChI is InChI=1S/C21H21N3O4/c1-13(25)21(2,19(26)11-23-22)24-20(27)28-12-18-16-9-5-3-7-14(16)15-8-4-6-10-17(15)18/h3-11,13,18,25H,12H2,1-2H3,(H,24,27)/t13-,21-/m1/s1. The molecule has 144 valence electrons. The minimum atomic E-state index is -1.67. The summed E-state index contributed by atoms with van der Waals surface area (Å²) in [6.07, 6.45) is -1.43. The molecular formula is C21H21N3O4. The number of amides is 1. The molecule has 0 bridgehead atoms. The molecule has 0 saturated carbocycles. The second kappa shape index (κ2) is 7.76. The van der Waals surface area contributed by atoms with E-state index in [1.54, 1.807) is 0 Å². The van der Waals surface area contributed by atoms with Crippen LogP contribution in [0.5, 0.6) is 0 Å². The molecule has 1 amide bonds. The van der Waals surface area contributed by atoms with Gasteiger partial charge in [0.2, 0.25) is 0 Å². The van der Waals surface area contributed by atoms with E-state index in [0.717, 1.165) is 22.3 Å². The van der Waals surface area contributed by atoms with Crippen LogP contribution in [-0.4, -0.2) is 46.2 Å². The predicted octanol–water partition coefficient (Wildman–Crippen LogP) is 2.53. The van der Waals surface area contributed by atoms with Crippen LogP contribution < -0.4 is 5.32 Å². The van der Waals surface area contributed by atoms with Crippen molar-refractivity contribution in [2.45, 2.75) is 31.4 Å². The Hall–Kier alpha value is -3.28. The molecule has 0 heterocycles. The first-order valence-electron chi connectivity index (χ1n) is 8.91. The summed E-state index contributed by atoms with van der Waals surface area (Å²) in [6.45, 7) is 2.77. The van der Waals surface area contributed by atoms with E-state index >= 15 is 0 Å². The minimum absolute atomic E-state index is 0.0814. The maximum absolute atomic E-state index is 12.3. The van der Waals surface area contributed by atoms with Gasteiger partial charge in [-0.25, -0.2) is 4.79 Å². The van der Waals surface area contributed by atoms with Crippen LogP contribution in [0, 0.1) is 0 Å². The van der Waals surface area contributed by atoms with Crippen molar-refractivity contribution >= 4 is 18.1 Å². The van der Waals surface area contributed by atoms with Crippen molar-refractivity contribution in [1.29, 1.82) is 0 Å². The van der Waals surface area contributed by atoms with Crippen molar-refractivity contribution in [3.05, 3.63) is 65.2 Å². The van der Waals surface area contributed by atoms with Crippen LogP contribution >= 0.6 is 0 Å². The van der Waals surface area contributed by atoms with Crippen molar-refractivity contribution in [3.63, 3.8) is 0 Å². The van der Waals surface area contributed by atoms with Crippen LogP contribution in [0.3, 0.4) is 0 Å². The first-order valence-corrected chi connectivity index (χ1v) is 8.91. The van der Waals surface area contributed by atoms with Crippen molar-refractivity contribution in [3.8, 4) is 11.1 Å². The monoisotopic (exact) mass is 379 g/mol. The zero-order valence-electron chi connectivity index (χ0n) is 15.6. The summed E-state index contributed by atoms with van der Waals surface area (Å²) >= 11 is 0. The number of aliphatic hydroxyl groups is 1. The average molecular weight is 379 g/mol. The Bertz CT molecular complexity index is 920. The van der Waals surface area contributed by atoms with Crippen LogP contribution in [-0.2, 0) is 9.53 Å². The Kier molecular flexibility index (Phi) is 5.40. The first-order chi connectivity index (χ1) is 13.4. The molecular weight excluding hydrogens is 358 g/mol. The first kappa shape index (κ1) is 19.5. The second-order valence-corrected chi connectivity index (χ2v) is 6.94. The van der Waals surface area contributed by atoms with E-state index in [0.29, 0.717) is 6.21 Å². The quantitative estimate of drug-likeness (QED) is 0.456.